The fourth-order valence-electron chi connectivity index (χ4n) is 2.47. The minimum Gasteiger partial charge on any atom is -0.313 e. The summed E-state index contributed by atoms with van der Waals surface area (Å²) in [5, 5.41) is 3.59. The largest absolute Gasteiger partial charge is 0.313 e. The van der Waals surface area contributed by atoms with Crippen LogP contribution in [0.4, 0.5) is 0 Å². The van der Waals surface area contributed by atoms with Gasteiger partial charge in [-0.2, -0.15) is 0 Å². The molecule has 1 rings (SSSR count). The average Bonchev–Trinajstić information content (AvgIpc) is 2.29. The number of hydrogen-bond acceptors (Lipinski definition) is 2. The zero-order valence-electron chi connectivity index (χ0n) is 10.1. The van der Waals surface area contributed by atoms with Gasteiger partial charge in [0, 0.05) is 34.9 Å². The molecule has 0 aromatic heterocycles. The molecule has 1 aliphatic rings. The van der Waals surface area contributed by atoms with Crippen LogP contribution in [0.15, 0.2) is 0 Å². The molecule has 0 aromatic rings. The zero-order valence-corrected chi connectivity index (χ0v) is 10.9. The summed E-state index contributed by atoms with van der Waals surface area (Å²) in [6.45, 7) is 5.21. The van der Waals surface area contributed by atoms with Gasteiger partial charge in [0.1, 0.15) is 0 Å². The highest BCUT2D eigenvalue weighted by atomic mass is 32.2. The summed E-state index contributed by atoms with van der Waals surface area (Å²) in [6.07, 6.45) is 6.75. The van der Waals surface area contributed by atoms with Crippen molar-refractivity contribution in [3.05, 3.63) is 0 Å². The van der Waals surface area contributed by atoms with E-state index in [1.807, 2.05) is 6.92 Å². The van der Waals surface area contributed by atoms with E-state index in [0.717, 1.165) is 24.0 Å². The third kappa shape index (κ3) is 4.64. The smallest absolute Gasteiger partial charge is 0.0360 e. The summed E-state index contributed by atoms with van der Waals surface area (Å²) < 4.78 is 11.3. The fraction of sp³-hybridized carbons (Fsp3) is 1.00. The second-order valence-electron chi connectivity index (χ2n) is 4.45. The van der Waals surface area contributed by atoms with E-state index in [9.17, 15) is 4.21 Å². The molecular formula is C12H25NOS. The van der Waals surface area contributed by atoms with E-state index in [2.05, 4.69) is 12.2 Å². The maximum atomic E-state index is 11.3. The standard InChI is InChI=1S/C12H25NOS/c1-3-11-7-5-6-8-12(11)13-9-10-15(14)4-2/h11-13H,3-10H2,1-2H3. The van der Waals surface area contributed by atoms with Crippen molar-refractivity contribution in [1.82, 2.24) is 5.32 Å². The lowest BCUT2D eigenvalue weighted by molar-refractivity contribution is 0.259. The minimum absolute atomic E-state index is 0.607. The van der Waals surface area contributed by atoms with Gasteiger partial charge in [-0.25, -0.2) is 0 Å². The van der Waals surface area contributed by atoms with Crippen molar-refractivity contribution in [3.63, 3.8) is 0 Å². The van der Waals surface area contributed by atoms with Gasteiger partial charge in [0.25, 0.3) is 0 Å². The van der Waals surface area contributed by atoms with Crippen LogP contribution >= 0.6 is 0 Å². The Hall–Kier alpha value is 0.110. The molecule has 0 aromatic carbocycles. The van der Waals surface area contributed by atoms with Crippen LogP contribution in [0.1, 0.15) is 46.0 Å². The van der Waals surface area contributed by atoms with Crippen LogP contribution < -0.4 is 5.32 Å². The van der Waals surface area contributed by atoms with Crippen molar-refractivity contribution in [2.45, 2.75) is 52.0 Å². The van der Waals surface area contributed by atoms with E-state index in [0.29, 0.717) is 6.04 Å². The highest BCUT2D eigenvalue weighted by Gasteiger charge is 2.22. The molecule has 3 heteroatoms. The quantitative estimate of drug-likeness (QED) is 0.760. The normalized spacial score (nSPS) is 28.9. The van der Waals surface area contributed by atoms with Crippen molar-refractivity contribution in [2.24, 2.45) is 5.92 Å². The molecule has 0 heterocycles. The second kappa shape index (κ2) is 7.39. The molecule has 2 nitrogen and oxygen atoms in total. The first-order valence-electron chi connectivity index (χ1n) is 6.36. The molecule has 0 aliphatic heterocycles. The maximum Gasteiger partial charge on any atom is 0.0360 e. The van der Waals surface area contributed by atoms with Gasteiger partial charge in [0.2, 0.25) is 0 Å². The molecule has 0 bridgehead atoms. The Morgan fingerprint density at radius 1 is 1.27 bits per heavy atom. The lowest BCUT2D eigenvalue weighted by Gasteiger charge is -2.31. The molecule has 1 N–H and O–H groups in total. The molecule has 90 valence electrons. The molecule has 15 heavy (non-hydrogen) atoms. The van der Waals surface area contributed by atoms with Crippen LogP contribution in [0.2, 0.25) is 0 Å². The lowest BCUT2D eigenvalue weighted by Crippen LogP contribution is -2.40. The van der Waals surface area contributed by atoms with Crippen LogP contribution in [-0.2, 0) is 10.8 Å². The highest BCUT2D eigenvalue weighted by Crippen LogP contribution is 2.26. The summed E-state index contributed by atoms with van der Waals surface area (Å²) in [4.78, 5) is 0. The third-order valence-corrected chi connectivity index (χ3v) is 4.80. The van der Waals surface area contributed by atoms with Crippen molar-refractivity contribution < 1.29 is 4.21 Å². The number of rotatable bonds is 6. The molecule has 1 aliphatic carbocycles. The van der Waals surface area contributed by atoms with Crippen LogP contribution in [0.5, 0.6) is 0 Å². The summed E-state index contributed by atoms with van der Waals surface area (Å²) in [6, 6.07) is 0.692. The first-order valence-corrected chi connectivity index (χ1v) is 7.85. The van der Waals surface area contributed by atoms with E-state index in [1.54, 1.807) is 0 Å². The Labute approximate surface area is 96.7 Å². The van der Waals surface area contributed by atoms with Crippen LogP contribution in [0, 0.1) is 5.92 Å². The first-order chi connectivity index (χ1) is 7.27. The Morgan fingerprint density at radius 3 is 2.67 bits per heavy atom. The predicted octanol–water partition coefficient (Wildman–Crippen LogP) is 2.31. The van der Waals surface area contributed by atoms with Crippen molar-refractivity contribution in [3.8, 4) is 0 Å². The molecule has 1 saturated carbocycles. The SMILES string of the molecule is CCC1CCCCC1NCCS(=O)CC. The van der Waals surface area contributed by atoms with Gasteiger partial charge >= 0.3 is 0 Å². The molecular weight excluding hydrogens is 206 g/mol. The van der Waals surface area contributed by atoms with Gasteiger partial charge in [-0.15, -0.1) is 0 Å². The second-order valence-corrected chi connectivity index (χ2v) is 6.31. The average molecular weight is 231 g/mol. The highest BCUT2D eigenvalue weighted by molar-refractivity contribution is 7.84. The Bertz CT molecular complexity index is 196. The monoisotopic (exact) mass is 231 g/mol. The van der Waals surface area contributed by atoms with Gasteiger partial charge in [-0.3, -0.25) is 4.21 Å². The van der Waals surface area contributed by atoms with E-state index < -0.39 is 10.8 Å². The van der Waals surface area contributed by atoms with Crippen LogP contribution in [0.3, 0.4) is 0 Å². The molecule has 0 spiro atoms. The predicted molar refractivity (Wildman–Crippen MR) is 67.6 cm³/mol. The molecule has 3 atom stereocenters. The minimum atomic E-state index is -0.607. The van der Waals surface area contributed by atoms with Crippen molar-refractivity contribution >= 4 is 10.8 Å². The summed E-state index contributed by atoms with van der Waals surface area (Å²) in [5.74, 6) is 2.47. The maximum absolute atomic E-state index is 11.3. The molecule has 1 fully saturated rings. The summed E-state index contributed by atoms with van der Waals surface area (Å²) >= 11 is 0. The summed E-state index contributed by atoms with van der Waals surface area (Å²) in [7, 11) is -0.607. The number of hydrogen-bond donors (Lipinski definition) is 1. The molecule has 0 saturated heterocycles. The van der Waals surface area contributed by atoms with E-state index >= 15 is 0 Å². The Morgan fingerprint density at radius 2 is 2.00 bits per heavy atom. The molecule has 0 amide bonds. The van der Waals surface area contributed by atoms with Gasteiger partial charge in [0.05, 0.1) is 0 Å². The summed E-state index contributed by atoms with van der Waals surface area (Å²) in [5.41, 5.74) is 0. The van der Waals surface area contributed by atoms with Gasteiger partial charge in [-0.05, 0) is 18.8 Å². The van der Waals surface area contributed by atoms with Crippen LogP contribution in [0.25, 0.3) is 0 Å². The molecule has 3 unspecified atom stereocenters. The number of nitrogens with one attached hydrogen (secondary N) is 1. The topological polar surface area (TPSA) is 29.1 Å². The Kier molecular flexibility index (Phi) is 6.50. The third-order valence-electron chi connectivity index (χ3n) is 3.49. The van der Waals surface area contributed by atoms with E-state index in [-0.39, 0.29) is 0 Å². The van der Waals surface area contributed by atoms with Crippen molar-refractivity contribution in [1.29, 1.82) is 0 Å². The van der Waals surface area contributed by atoms with Crippen LogP contribution in [-0.4, -0.2) is 28.3 Å². The fourth-order valence-corrected chi connectivity index (χ4v) is 3.10. The van der Waals surface area contributed by atoms with Gasteiger partial charge in [0.15, 0.2) is 0 Å². The van der Waals surface area contributed by atoms with E-state index in [1.165, 1.54) is 32.1 Å². The zero-order chi connectivity index (χ0) is 11.1. The van der Waals surface area contributed by atoms with Crippen molar-refractivity contribution in [2.75, 3.05) is 18.1 Å². The lowest BCUT2D eigenvalue weighted by atomic mass is 9.83. The first kappa shape index (κ1) is 13.2. The molecule has 0 radical (unpaired) electrons. The van der Waals surface area contributed by atoms with E-state index in [4.69, 9.17) is 0 Å². The van der Waals surface area contributed by atoms with Gasteiger partial charge in [-0.1, -0.05) is 33.1 Å². The van der Waals surface area contributed by atoms with Gasteiger partial charge < -0.3 is 5.32 Å². The Balaban J connectivity index is 2.20.